The van der Waals surface area contributed by atoms with Crippen molar-refractivity contribution < 1.29 is 17.5 Å². The van der Waals surface area contributed by atoms with E-state index in [9.17, 15) is 17.6 Å². The molecule has 4 rings (SSSR count). The van der Waals surface area contributed by atoms with Crippen LogP contribution in [-0.4, -0.2) is 31.1 Å². The topological polar surface area (TPSA) is 104 Å². The molecule has 3 aromatic rings. The Balaban J connectivity index is 1.73. The molecule has 1 aliphatic rings. The first-order chi connectivity index (χ1) is 13.3. The first-order valence-electron chi connectivity index (χ1n) is 8.95. The highest BCUT2D eigenvalue weighted by molar-refractivity contribution is 7.89. The third kappa shape index (κ3) is 3.60. The fourth-order valence-corrected chi connectivity index (χ4v) is 5.09. The van der Waals surface area contributed by atoms with Gasteiger partial charge in [0.15, 0.2) is 0 Å². The molecule has 0 saturated carbocycles. The Bertz CT molecular complexity index is 1160. The van der Waals surface area contributed by atoms with Crippen molar-refractivity contribution in [3.05, 3.63) is 63.8 Å². The molecule has 2 heterocycles. The molecule has 1 aromatic heterocycles. The van der Waals surface area contributed by atoms with Crippen LogP contribution in [0.25, 0.3) is 11.0 Å². The van der Waals surface area contributed by atoms with Crippen LogP contribution in [0.2, 0.25) is 0 Å². The molecule has 0 radical (unpaired) electrons. The quantitative estimate of drug-likeness (QED) is 0.607. The van der Waals surface area contributed by atoms with Crippen LogP contribution >= 0.6 is 0 Å². The van der Waals surface area contributed by atoms with Gasteiger partial charge in [0.25, 0.3) is 0 Å². The van der Waals surface area contributed by atoms with E-state index in [4.69, 9.17) is 4.74 Å². The summed E-state index contributed by atoms with van der Waals surface area (Å²) in [6.07, 6.45) is 1.20. The molecule has 0 amide bonds. The third-order valence-electron chi connectivity index (χ3n) is 4.95. The van der Waals surface area contributed by atoms with Gasteiger partial charge in [0.05, 0.1) is 28.1 Å². The Kier molecular flexibility index (Phi) is 4.82. The molecule has 2 unspecified atom stereocenters. The second-order valence-electron chi connectivity index (χ2n) is 6.94. The Hall–Kier alpha value is -2.49. The average Bonchev–Trinajstić information content (AvgIpc) is 3.28. The van der Waals surface area contributed by atoms with Gasteiger partial charge in [-0.1, -0.05) is 12.1 Å². The number of hydrogen-bond donors (Lipinski definition) is 3. The zero-order chi connectivity index (χ0) is 19.9. The monoisotopic (exact) mass is 405 g/mol. The molecule has 0 spiro atoms. The van der Waals surface area contributed by atoms with E-state index in [1.54, 1.807) is 25.1 Å². The fraction of sp³-hybridized carbons (Fsp3) is 0.316. The normalized spacial score (nSPS) is 18.6. The standard InChI is InChI=1S/C19H20FN3O4S/c1-11-9-14-15(22-19(24)21-14)10-17(11)28(25,26)23-18(16-3-2-8-27-16)12-4-6-13(20)7-5-12/h4-7,9-10,16,18,23H,2-3,8H2,1H3,(H2,21,22,24). The molecule has 9 heteroatoms. The van der Waals surface area contributed by atoms with Crippen molar-refractivity contribution >= 4 is 21.1 Å². The van der Waals surface area contributed by atoms with Crippen LogP contribution in [0.15, 0.2) is 46.1 Å². The molecular formula is C19H20FN3O4S. The van der Waals surface area contributed by atoms with E-state index >= 15 is 0 Å². The zero-order valence-electron chi connectivity index (χ0n) is 15.2. The van der Waals surface area contributed by atoms with Crippen molar-refractivity contribution in [2.45, 2.75) is 36.8 Å². The van der Waals surface area contributed by atoms with Gasteiger partial charge < -0.3 is 14.7 Å². The highest BCUT2D eigenvalue weighted by Gasteiger charge is 2.32. The number of halogens is 1. The number of rotatable bonds is 5. The summed E-state index contributed by atoms with van der Waals surface area (Å²) in [5.74, 6) is -0.393. The first kappa shape index (κ1) is 18.9. The van der Waals surface area contributed by atoms with E-state index in [0.29, 0.717) is 35.2 Å². The van der Waals surface area contributed by atoms with E-state index in [0.717, 1.165) is 6.42 Å². The molecule has 0 bridgehead atoms. The summed E-state index contributed by atoms with van der Waals surface area (Å²) in [4.78, 5) is 16.8. The molecule has 3 N–H and O–H groups in total. The summed E-state index contributed by atoms with van der Waals surface area (Å²) in [5.41, 5.74) is 1.67. The Morgan fingerprint density at radius 1 is 1.18 bits per heavy atom. The molecule has 0 aliphatic carbocycles. The van der Waals surface area contributed by atoms with Gasteiger partial charge in [-0.25, -0.2) is 22.3 Å². The maximum Gasteiger partial charge on any atom is 0.323 e. The summed E-state index contributed by atoms with van der Waals surface area (Å²) in [5, 5.41) is 0. The number of nitrogens with one attached hydrogen (secondary N) is 3. The van der Waals surface area contributed by atoms with Gasteiger partial charge in [0.2, 0.25) is 10.0 Å². The molecule has 7 nitrogen and oxygen atoms in total. The minimum Gasteiger partial charge on any atom is -0.376 e. The number of aryl methyl sites for hydroxylation is 1. The van der Waals surface area contributed by atoms with Crippen molar-refractivity contribution in [3.63, 3.8) is 0 Å². The van der Waals surface area contributed by atoms with Gasteiger partial charge in [-0.2, -0.15) is 0 Å². The second-order valence-corrected chi connectivity index (χ2v) is 8.63. The molecular weight excluding hydrogens is 385 g/mol. The summed E-state index contributed by atoms with van der Waals surface area (Å²) >= 11 is 0. The predicted molar refractivity (Wildman–Crippen MR) is 102 cm³/mol. The molecule has 2 atom stereocenters. The summed E-state index contributed by atoms with van der Waals surface area (Å²) in [7, 11) is -3.93. The largest absolute Gasteiger partial charge is 0.376 e. The lowest BCUT2D eigenvalue weighted by atomic mass is 10.0. The number of aromatic amines is 2. The summed E-state index contributed by atoms with van der Waals surface area (Å²) in [6.45, 7) is 2.22. The predicted octanol–water partition coefficient (Wildman–Crippen LogP) is 2.50. The van der Waals surface area contributed by atoms with Gasteiger partial charge in [0, 0.05) is 6.61 Å². The molecule has 148 valence electrons. The molecule has 1 fully saturated rings. The van der Waals surface area contributed by atoms with E-state index in [-0.39, 0.29) is 11.0 Å². The van der Waals surface area contributed by atoms with Gasteiger partial charge in [-0.05, 0) is 55.2 Å². The van der Waals surface area contributed by atoms with Crippen molar-refractivity contribution in [2.75, 3.05) is 6.61 Å². The molecule has 2 aromatic carbocycles. The Labute approximate surface area is 161 Å². The first-order valence-corrected chi connectivity index (χ1v) is 10.4. The number of benzene rings is 2. The lowest BCUT2D eigenvalue weighted by molar-refractivity contribution is 0.0851. The number of fused-ring (bicyclic) bond motifs is 1. The molecule has 1 saturated heterocycles. The Morgan fingerprint density at radius 3 is 2.50 bits per heavy atom. The molecule has 28 heavy (non-hydrogen) atoms. The fourth-order valence-electron chi connectivity index (χ4n) is 3.59. The lowest BCUT2D eigenvalue weighted by Crippen LogP contribution is -2.36. The number of aromatic nitrogens is 2. The van der Waals surface area contributed by atoms with Crippen LogP contribution in [0.4, 0.5) is 4.39 Å². The maximum absolute atomic E-state index is 13.3. The summed E-state index contributed by atoms with van der Waals surface area (Å²) < 4.78 is 48.1. The van der Waals surface area contributed by atoms with Crippen molar-refractivity contribution in [1.82, 2.24) is 14.7 Å². The van der Waals surface area contributed by atoms with E-state index < -0.39 is 27.6 Å². The van der Waals surface area contributed by atoms with E-state index in [1.807, 2.05) is 0 Å². The van der Waals surface area contributed by atoms with Crippen molar-refractivity contribution in [3.8, 4) is 0 Å². The maximum atomic E-state index is 13.3. The third-order valence-corrected chi connectivity index (χ3v) is 6.53. The number of imidazole rings is 1. The van der Waals surface area contributed by atoms with Gasteiger partial charge in [0.1, 0.15) is 5.82 Å². The van der Waals surface area contributed by atoms with Crippen molar-refractivity contribution in [2.24, 2.45) is 0 Å². The molecule has 1 aliphatic heterocycles. The minimum absolute atomic E-state index is 0.0698. The highest BCUT2D eigenvalue weighted by Crippen LogP contribution is 2.30. The van der Waals surface area contributed by atoms with Crippen LogP contribution in [0.5, 0.6) is 0 Å². The smallest absolute Gasteiger partial charge is 0.323 e. The van der Waals surface area contributed by atoms with Crippen LogP contribution < -0.4 is 10.4 Å². The SMILES string of the molecule is Cc1cc2[nH]c(=O)[nH]c2cc1S(=O)(=O)NC(c1ccc(F)cc1)C1CCCO1. The second kappa shape index (κ2) is 7.16. The zero-order valence-corrected chi connectivity index (χ0v) is 16.0. The highest BCUT2D eigenvalue weighted by atomic mass is 32.2. The van der Waals surface area contributed by atoms with E-state index in [2.05, 4.69) is 14.7 Å². The number of sulfonamides is 1. The number of ether oxygens (including phenoxy) is 1. The number of H-pyrrole nitrogens is 2. The van der Waals surface area contributed by atoms with E-state index in [1.165, 1.54) is 18.2 Å². The minimum atomic E-state index is -3.93. The summed E-state index contributed by atoms with van der Waals surface area (Å²) in [6, 6.07) is 8.12. The van der Waals surface area contributed by atoms with Gasteiger partial charge in [-0.3, -0.25) is 0 Å². The lowest BCUT2D eigenvalue weighted by Gasteiger charge is -2.25. The van der Waals surface area contributed by atoms with Crippen LogP contribution in [-0.2, 0) is 14.8 Å². The number of hydrogen-bond acceptors (Lipinski definition) is 4. The van der Waals surface area contributed by atoms with Gasteiger partial charge in [-0.15, -0.1) is 0 Å². The van der Waals surface area contributed by atoms with Gasteiger partial charge >= 0.3 is 5.69 Å². The van der Waals surface area contributed by atoms with Crippen LogP contribution in [0.1, 0.15) is 30.0 Å². The van der Waals surface area contributed by atoms with Crippen LogP contribution in [0.3, 0.4) is 0 Å². The Morgan fingerprint density at radius 2 is 1.86 bits per heavy atom. The average molecular weight is 405 g/mol. The van der Waals surface area contributed by atoms with Crippen LogP contribution in [0, 0.1) is 12.7 Å². The van der Waals surface area contributed by atoms with Crippen molar-refractivity contribution in [1.29, 1.82) is 0 Å².